The molecular weight excluding hydrogens is 356 g/mol. The van der Waals surface area contributed by atoms with Crippen molar-refractivity contribution >= 4 is 18.3 Å². The SMILES string of the molecule is Cl.O=C(CC(c1ccccc1)c1ccccc1)N1CC[C@@H]2CNC[C@@H]2CC1. The molecule has 2 aromatic carbocycles. The fourth-order valence-electron chi connectivity index (χ4n) is 4.57. The van der Waals surface area contributed by atoms with Crippen LogP contribution in [-0.2, 0) is 4.79 Å². The minimum atomic E-state index is 0. The molecule has 1 amide bonds. The van der Waals surface area contributed by atoms with Crippen molar-refractivity contribution < 1.29 is 4.79 Å². The summed E-state index contributed by atoms with van der Waals surface area (Å²) in [6, 6.07) is 20.9. The zero-order valence-corrected chi connectivity index (χ0v) is 16.5. The van der Waals surface area contributed by atoms with Gasteiger partial charge >= 0.3 is 0 Å². The Morgan fingerprint density at radius 2 is 1.37 bits per heavy atom. The molecule has 2 aliphatic rings. The molecule has 2 aliphatic heterocycles. The highest BCUT2D eigenvalue weighted by molar-refractivity contribution is 5.85. The Labute approximate surface area is 168 Å². The standard InChI is InChI=1S/C23H28N2O.ClH/c26-23(25-13-11-20-16-24-17-21(20)12-14-25)15-22(18-7-3-1-4-8-18)19-9-5-2-6-10-19;/h1-10,20-22,24H,11-17H2;1H/t20-,21+;. The first-order valence-electron chi connectivity index (χ1n) is 9.89. The lowest BCUT2D eigenvalue weighted by Gasteiger charge is -2.25. The van der Waals surface area contributed by atoms with Gasteiger partial charge in [0.2, 0.25) is 5.91 Å². The van der Waals surface area contributed by atoms with E-state index in [-0.39, 0.29) is 18.3 Å². The highest BCUT2D eigenvalue weighted by Gasteiger charge is 2.32. The normalized spacial score (nSPS) is 22.0. The van der Waals surface area contributed by atoms with E-state index in [1.807, 2.05) is 12.1 Å². The first-order valence-corrected chi connectivity index (χ1v) is 9.89. The molecule has 1 N–H and O–H groups in total. The first-order chi connectivity index (χ1) is 12.8. The number of carbonyl (C=O) groups excluding carboxylic acids is 1. The highest BCUT2D eigenvalue weighted by Crippen LogP contribution is 2.31. The van der Waals surface area contributed by atoms with Gasteiger partial charge in [-0.25, -0.2) is 0 Å². The number of hydrogen-bond acceptors (Lipinski definition) is 2. The number of halogens is 1. The lowest BCUT2D eigenvalue weighted by Crippen LogP contribution is -2.33. The molecule has 0 radical (unpaired) electrons. The molecule has 144 valence electrons. The van der Waals surface area contributed by atoms with Crippen molar-refractivity contribution in [2.45, 2.75) is 25.2 Å². The molecule has 0 saturated carbocycles. The lowest BCUT2D eigenvalue weighted by molar-refractivity contribution is -0.131. The van der Waals surface area contributed by atoms with Crippen molar-refractivity contribution in [1.82, 2.24) is 10.2 Å². The molecule has 3 nitrogen and oxygen atoms in total. The maximum absolute atomic E-state index is 13.1. The minimum Gasteiger partial charge on any atom is -0.343 e. The molecule has 0 unspecified atom stereocenters. The quantitative estimate of drug-likeness (QED) is 0.861. The third-order valence-electron chi connectivity index (χ3n) is 6.15. The number of benzene rings is 2. The number of rotatable bonds is 4. The Kier molecular flexibility index (Phi) is 6.92. The summed E-state index contributed by atoms with van der Waals surface area (Å²) in [6.07, 6.45) is 2.84. The number of carbonyl (C=O) groups is 1. The molecule has 27 heavy (non-hydrogen) atoms. The van der Waals surface area contributed by atoms with E-state index < -0.39 is 0 Å². The second kappa shape index (κ2) is 9.38. The van der Waals surface area contributed by atoms with Crippen molar-refractivity contribution in [1.29, 1.82) is 0 Å². The van der Waals surface area contributed by atoms with Crippen LogP contribution in [0.15, 0.2) is 60.7 Å². The predicted octanol–water partition coefficient (Wildman–Crippen LogP) is 4.09. The lowest BCUT2D eigenvalue weighted by atomic mass is 9.88. The highest BCUT2D eigenvalue weighted by atomic mass is 35.5. The van der Waals surface area contributed by atoms with Crippen LogP contribution < -0.4 is 5.32 Å². The summed E-state index contributed by atoms with van der Waals surface area (Å²) in [5, 5.41) is 3.51. The molecule has 0 spiro atoms. The summed E-state index contributed by atoms with van der Waals surface area (Å²) in [7, 11) is 0. The van der Waals surface area contributed by atoms with Crippen LogP contribution in [0.4, 0.5) is 0 Å². The van der Waals surface area contributed by atoms with Crippen molar-refractivity contribution in [3.8, 4) is 0 Å². The van der Waals surface area contributed by atoms with Gasteiger partial charge in [-0.2, -0.15) is 0 Å². The zero-order chi connectivity index (χ0) is 17.8. The molecule has 2 heterocycles. The van der Waals surface area contributed by atoms with Gasteiger partial charge in [0.1, 0.15) is 0 Å². The van der Waals surface area contributed by atoms with E-state index in [0.717, 1.165) is 50.9 Å². The Balaban J connectivity index is 0.00000210. The summed E-state index contributed by atoms with van der Waals surface area (Å²) in [6.45, 7) is 4.09. The van der Waals surface area contributed by atoms with E-state index in [0.29, 0.717) is 12.3 Å². The predicted molar refractivity (Wildman–Crippen MR) is 112 cm³/mol. The molecule has 2 atom stereocenters. The second-order valence-electron chi connectivity index (χ2n) is 7.71. The third kappa shape index (κ3) is 4.72. The van der Waals surface area contributed by atoms with E-state index >= 15 is 0 Å². The number of amides is 1. The molecule has 2 saturated heterocycles. The van der Waals surface area contributed by atoms with Crippen molar-refractivity contribution in [2.24, 2.45) is 11.8 Å². The molecule has 0 aliphatic carbocycles. The molecule has 2 fully saturated rings. The van der Waals surface area contributed by atoms with E-state index in [9.17, 15) is 4.79 Å². The second-order valence-corrected chi connectivity index (χ2v) is 7.71. The average Bonchev–Trinajstić information content (AvgIpc) is 3.05. The van der Waals surface area contributed by atoms with Crippen LogP contribution in [-0.4, -0.2) is 37.0 Å². The van der Waals surface area contributed by atoms with Crippen molar-refractivity contribution in [3.05, 3.63) is 71.8 Å². The summed E-state index contributed by atoms with van der Waals surface area (Å²) < 4.78 is 0. The summed E-state index contributed by atoms with van der Waals surface area (Å²) >= 11 is 0. The van der Waals surface area contributed by atoms with Crippen LogP contribution in [0.2, 0.25) is 0 Å². The van der Waals surface area contributed by atoms with Gasteiger partial charge in [0, 0.05) is 25.4 Å². The van der Waals surface area contributed by atoms with E-state index in [1.165, 1.54) is 11.1 Å². The largest absolute Gasteiger partial charge is 0.343 e. The maximum Gasteiger partial charge on any atom is 0.223 e. The van der Waals surface area contributed by atoms with Gasteiger partial charge in [0.15, 0.2) is 0 Å². The van der Waals surface area contributed by atoms with Crippen molar-refractivity contribution in [2.75, 3.05) is 26.2 Å². The Hall–Kier alpha value is -1.84. The number of fused-ring (bicyclic) bond motifs is 1. The Morgan fingerprint density at radius 3 is 1.85 bits per heavy atom. The van der Waals surface area contributed by atoms with Gasteiger partial charge in [0.05, 0.1) is 0 Å². The van der Waals surface area contributed by atoms with E-state index in [2.05, 4.69) is 58.7 Å². The van der Waals surface area contributed by atoms with Gasteiger partial charge in [0.25, 0.3) is 0 Å². The Bertz CT molecular complexity index is 668. The summed E-state index contributed by atoms with van der Waals surface area (Å²) in [5.74, 6) is 1.95. The van der Waals surface area contributed by atoms with Gasteiger partial charge in [-0.15, -0.1) is 12.4 Å². The first kappa shape index (κ1) is 19.9. The smallest absolute Gasteiger partial charge is 0.223 e. The van der Waals surface area contributed by atoms with Crippen LogP contribution in [0.5, 0.6) is 0 Å². The van der Waals surface area contributed by atoms with E-state index in [1.54, 1.807) is 0 Å². The van der Waals surface area contributed by atoms with Crippen LogP contribution >= 0.6 is 12.4 Å². The van der Waals surface area contributed by atoms with Crippen LogP contribution in [0.25, 0.3) is 0 Å². The third-order valence-corrected chi connectivity index (χ3v) is 6.15. The Morgan fingerprint density at radius 1 is 0.889 bits per heavy atom. The minimum absolute atomic E-state index is 0. The molecule has 4 heteroatoms. The monoisotopic (exact) mass is 384 g/mol. The van der Waals surface area contributed by atoms with Gasteiger partial charge in [-0.1, -0.05) is 60.7 Å². The van der Waals surface area contributed by atoms with Gasteiger partial charge in [-0.05, 0) is 48.9 Å². The average molecular weight is 385 g/mol. The topological polar surface area (TPSA) is 32.3 Å². The maximum atomic E-state index is 13.1. The fourth-order valence-corrected chi connectivity index (χ4v) is 4.57. The summed E-state index contributed by atoms with van der Waals surface area (Å²) in [5.41, 5.74) is 2.45. The number of hydrogen-bond donors (Lipinski definition) is 1. The molecule has 0 bridgehead atoms. The fraction of sp³-hybridized carbons (Fsp3) is 0.435. The zero-order valence-electron chi connectivity index (χ0n) is 15.7. The number of nitrogens with zero attached hydrogens (tertiary/aromatic N) is 1. The van der Waals surface area contributed by atoms with Crippen LogP contribution in [0, 0.1) is 11.8 Å². The number of likely N-dealkylation sites (tertiary alicyclic amines) is 1. The molecule has 0 aromatic heterocycles. The molecule has 2 aromatic rings. The van der Waals surface area contributed by atoms with Crippen LogP contribution in [0.1, 0.15) is 36.3 Å². The molecule has 4 rings (SSSR count). The molecular formula is C23H29ClN2O. The van der Waals surface area contributed by atoms with Crippen molar-refractivity contribution in [3.63, 3.8) is 0 Å². The van der Waals surface area contributed by atoms with Crippen LogP contribution in [0.3, 0.4) is 0 Å². The van der Waals surface area contributed by atoms with E-state index in [4.69, 9.17) is 0 Å². The number of nitrogens with one attached hydrogen (secondary N) is 1. The summed E-state index contributed by atoms with van der Waals surface area (Å²) in [4.78, 5) is 15.3. The van der Waals surface area contributed by atoms with Gasteiger partial charge < -0.3 is 10.2 Å². The van der Waals surface area contributed by atoms with Gasteiger partial charge in [-0.3, -0.25) is 4.79 Å².